The number of hydrogen-bond donors (Lipinski definition) is 2. The summed E-state index contributed by atoms with van der Waals surface area (Å²) in [5.41, 5.74) is 0. The molecule has 0 spiro atoms. The Morgan fingerprint density at radius 3 is 3.00 bits per heavy atom. The van der Waals surface area contributed by atoms with Crippen LogP contribution in [0.15, 0.2) is 0 Å². The van der Waals surface area contributed by atoms with Crippen LogP contribution in [0.5, 0.6) is 0 Å². The number of amides is 1. The summed E-state index contributed by atoms with van der Waals surface area (Å²) in [6.07, 6.45) is 5.26. The van der Waals surface area contributed by atoms with E-state index in [9.17, 15) is 4.79 Å². The molecule has 2 aliphatic rings. The molecule has 4 heteroatoms. The Bertz CT molecular complexity index is 233. The number of carbonyl (C=O) groups excluding carboxylic acids is 1. The van der Waals surface area contributed by atoms with Gasteiger partial charge >= 0.3 is 6.09 Å². The SMILES string of the molecule is CCCCOC(=O)N[C@@H]1C[C@@H]2CC[C@H]1N2. The molecule has 2 saturated heterocycles. The van der Waals surface area contributed by atoms with Gasteiger partial charge in [-0.25, -0.2) is 4.79 Å². The third kappa shape index (κ3) is 2.62. The molecule has 0 aromatic rings. The van der Waals surface area contributed by atoms with E-state index in [1.165, 1.54) is 12.8 Å². The third-order valence-electron chi connectivity index (χ3n) is 3.33. The van der Waals surface area contributed by atoms with Gasteiger partial charge in [0.25, 0.3) is 0 Å². The van der Waals surface area contributed by atoms with Gasteiger partial charge < -0.3 is 15.4 Å². The molecule has 2 fully saturated rings. The number of carbonyl (C=O) groups is 1. The highest BCUT2D eigenvalue weighted by atomic mass is 16.5. The van der Waals surface area contributed by atoms with Gasteiger partial charge in [-0.2, -0.15) is 0 Å². The summed E-state index contributed by atoms with van der Waals surface area (Å²) >= 11 is 0. The zero-order valence-electron chi connectivity index (χ0n) is 9.29. The van der Waals surface area contributed by atoms with Gasteiger partial charge in [0.1, 0.15) is 0 Å². The Labute approximate surface area is 90.8 Å². The molecular formula is C11H20N2O2. The van der Waals surface area contributed by atoms with Gasteiger partial charge in [-0.3, -0.25) is 0 Å². The molecule has 86 valence electrons. The molecule has 2 rings (SSSR count). The van der Waals surface area contributed by atoms with E-state index >= 15 is 0 Å². The molecule has 2 N–H and O–H groups in total. The Kier molecular flexibility index (Phi) is 3.46. The van der Waals surface area contributed by atoms with Crippen molar-refractivity contribution in [2.24, 2.45) is 0 Å². The minimum absolute atomic E-state index is 0.247. The molecule has 0 saturated carbocycles. The quantitative estimate of drug-likeness (QED) is 0.693. The number of fused-ring (bicyclic) bond motifs is 2. The van der Waals surface area contributed by atoms with Gasteiger partial charge in [-0.1, -0.05) is 13.3 Å². The minimum Gasteiger partial charge on any atom is -0.450 e. The van der Waals surface area contributed by atoms with Crippen LogP contribution in [-0.2, 0) is 4.74 Å². The summed E-state index contributed by atoms with van der Waals surface area (Å²) in [6.45, 7) is 2.62. The van der Waals surface area contributed by atoms with Crippen molar-refractivity contribution < 1.29 is 9.53 Å². The molecule has 4 nitrogen and oxygen atoms in total. The number of ether oxygens (including phenoxy) is 1. The molecule has 0 radical (unpaired) electrons. The van der Waals surface area contributed by atoms with Crippen LogP contribution in [0.4, 0.5) is 4.79 Å². The van der Waals surface area contributed by atoms with Crippen molar-refractivity contribution in [3.63, 3.8) is 0 Å². The van der Waals surface area contributed by atoms with Gasteiger partial charge in [-0.05, 0) is 25.7 Å². The van der Waals surface area contributed by atoms with E-state index in [-0.39, 0.29) is 12.1 Å². The minimum atomic E-state index is -0.247. The smallest absolute Gasteiger partial charge is 0.407 e. The van der Waals surface area contributed by atoms with Crippen molar-refractivity contribution in [2.75, 3.05) is 6.61 Å². The number of hydrogen-bond acceptors (Lipinski definition) is 3. The van der Waals surface area contributed by atoms with E-state index in [1.54, 1.807) is 0 Å². The average molecular weight is 212 g/mol. The summed E-state index contributed by atoms with van der Waals surface area (Å²) in [7, 11) is 0. The van der Waals surface area contributed by atoms with E-state index in [4.69, 9.17) is 4.74 Å². The van der Waals surface area contributed by atoms with E-state index < -0.39 is 0 Å². The summed E-state index contributed by atoms with van der Waals surface area (Å²) in [5, 5.41) is 6.43. The van der Waals surface area contributed by atoms with E-state index in [0.717, 1.165) is 19.3 Å². The number of rotatable bonds is 4. The zero-order valence-corrected chi connectivity index (χ0v) is 9.29. The Morgan fingerprint density at radius 2 is 2.40 bits per heavy atom. The fraction of sp³-hybridized carbons (Fsp3) is 0.909. The van der Waals surface area contributed by atoms with Gasteiger partial charge in [0.2, 0.25) is 0 Å². The van der Waals surface area contributed by atoms with E-state index in [1.807, 2.05) is 0 Å². The molecular weight excluding hydrogens is 192 g/mol. The Hall–Kier alpha value is -0.770. The molecule has 3 atom stereocenters. The second kappa shape index (κ2) is 4.84. The first-order chi connectivity index (χ1) is 7.29. The van der Waals surface area contributed by atoms with Crippen molar-refractivity contribution in [2.45, 2.75) is 57.2 Å². The van der Waals surface area contributed by atoms with E-state index in [0.29, 0.717) is 18.7 Å². The van der Waals surface area contributed by atoms with Crippen LogP contribution in [0.25, 0.3) is 0 Å². The van der Waals surface area contributed by atoms with Crippen molar-refractivity contribution in [1.82, 2.24) is 10.6 Å². The molecule has 0 unspecified atom stereocenters. The maximum absolute atomic E-state index is 11.4. The van der Waals surface area contributed by atoms with Crippen LogP contribution >= 0.6 is 0 Å². The van der Waals surface area contributed by atoms with Gasteiger partial charge in [0.05, 0.1) is 6.61 Å². The van der Waals surface area contributed by atoms with Gasteiger partial charge in [-0.15, -0.1) is 0 Å². The van der Waals surface area contributed by atoms with Crippen LogP contribution in [0.2, 0.25) is 0 Å². The fourth-order valence-corrected chi connectivity index (χ4v) is 2.49. The fourth-order valence-electron chi connectivity index (χ4n) is 2.49. The van der Waals surface area contributed by atoms with Crippen LogP contribution in [0.1, 0.15) is 39.0 Å². The molecule has 1 amide bonds. The molecule has 2 heterocycles. The molecule has 0 aliphatic carbocycles. The number of nitrogens with one attached hydrogen (secondary N) is 2. The van der Waals surface area contributed by atoms with Crippen LogP contribution in [0.3, 0.4) is 0 Å². The predicted molar refractivity (Wildman–Crippen MR) is 57.7 cm³/mol. The maximum Gasteiger partial charge on any atom is 0.407 e. The summed E-state index contributed by atoms with van der Waals surface area (Å²) in [6, 6.07) is 1.39. The summed E-state index contributed by atoms with van der Waals surface area (Å²) in [5.74, 6) is 0. The molecule has 2 bridgehead atoms. The van der Waals surface area contributed by atoms with Gasteiger partial charge in [0.15, 0.2) is 0 Å². The lowest BCUT2D eigenvalue weighted by Crippen LogP contribution is -2.43. The highest BCUT2D eigenvalue weighted by Gasteiger charge is 2.39. The van der Waals surface area contributed by atoms with Crippen LogP contribution in [0, 0.1) is 0 Å². The van der Waals surface area contributed by atoms with Crippen LogP contribution in [-0.4, -0.2) is 30.8 Å². The Balaban J connectivity index is 1.66. The van der Waals surface area contributed by atoms with Crippen molar-refractivity contribution in [3.05, 3.63) is 0 Å². The lowest BCUT2D eigenvalue weighted by atomic mass is 9.96. The van der Waals surface area contributed by atoms with Crippen LogP contribution < -0.4 is 10.6 Å². The first kappa shape index (κ1) is 10.7. The second-order valence-corrected chi connectivity index (χ2v) is 4.52. The summed E-state index contributed by atoms with van der Waals surface area (Å²) in [4.78, 5) is 11.4. The number of alkyl carbamates (subject to hydrolysis) is 1. The lowest BCUT2D eigenvalue weighted by molar-refractivity contribution is 0.139. The van der Waals surface area contributed by atoms with Gasteiger partial charge in [0, 0.05) is 18.1 Å². The highest BCUT2D eigenvalue weighted by molar-refractivity contribution is 5.67. The van der Waals surface area contributed by atoms with E-state index in [2.05, 4.69) is 17.6 Å². The first-order valence-corrected chi connectivity index (χ1v) is 5.99. The normalized spacial score (nSPS) is 33.0. The molecule has 0 aromatic heterocycles. The largest absolute Gasteiger partial charge is 0.450 e. The molecule has 2 aliphatic heterocycles. The zero-order chi connectivity index (χ0) is 10.7. The molecule has 15 heavy (non-hydrogen) atoms. The topological polar surface area (TPSA) is 50.4 Å². The highest BCUT2D eigenvalue weighted by Crippen LogP contribution is 2.28. The third-order valence-corrected chi connectivity index (χ3v) is 3.33. The van der Waals surface area contributed by atoms with Crippen molar-refractivity contribution >= 4 is 6.09 Å². The monoisotopic (exact) mass is 212 g/mol. The number of unbranched alkanes of at least 4 members (excludes halogenated alkanes) is 1. The Morgan fingerprint density at radius 1 is 1.53 bits per heavy atom. The first-order valence-electron chi connectivity index (χ1n) is 5.99. The van der Waals surface area contributed by atoms with Crippen molar-refractivity contribution in [3.8, 4) is 0 Å². The summed E-state index contributed by atoms with van der Waals surface area (Å²) < 4.78 is 5.07. The maximum atomic E-state index is 11.4. The molecule has 0 aromatic carbocycles. The second-order valence-electron chi connectivity index (χ2n) is 4.52. The lowest BCUT2D eigenvalue weighted by Gasteiger charge is -2.20. The standard InChI is InChI=1S/C11H20N2O2/c1-2-3-6-15-11(14)13-10-7-8-4-5-9(10)12-8/h8-10,12H,2-7H2,1H3,(H,13,14)/t8-,9+,10+/m0/s1. The average Bonchev–Trinajstić information content (AvgIpc) is 2.79. The van der Waals surface area contributed by atoms with Crippen molar-refractivity contribution in [1.29, 1.82) is 0 Å². The predicted octanol–water partition coefficient (Wildman–Crippen LogP) is 1.41.